The number of ether oxygens (including phenoxy) is 1. The molecule has 1 atom stereocenters. The lowest BCUT2D eigenvalue weighted by Crippen LogP contribution is -2.29. The van der Waals surface area contributed by atoms with Crippen molar-refractivity contribution in [1.82, 2.24) is 4.98 Å². The number of hydrogen-bond acceptors (Lipinski definition) is 6. The van der Waals surface area contributed by atoms with Crippen molar-refractivity contribution in [2.75, 3.05) is 12.0 Å². The van der Waals surface area contributed by atoms with Gasteiger partial charge in [0.15, 0.2) is 5.13 Å². The minimum absolute atomic E-state index is 0.0159. The van der Waals surface area contributed by atoms with E-state index in [9.17, 15) is 14.7 Å². The molecule has 0 saturated carbocycles. The lowest BCUT2D eigenvalue weighted by molar-refractivity contribution is -0.132. The number of carbonyl (C=O) groups excluding carboxylic acids is 2. The lowest BCUT2D eigenvalue weighted by Gasteiger charge is -2.23. The summed E-state index contributed by atoms with van der Waals surface area (Å²) in [4.78, 5) is 32.5. The third-order valence-electron chi connectivity index (χ3n) is 5.52. The molecule has 6 nitrogen and oxygen atoms in total. The van der Waals surface area contributed by atoms with Gasteiger partial charge in [-0.15, -0.1) is 0 Å². The first-order chi connectivity index (χ1) is 16.4. The molecule has 4 aromatic rings. The largest absolute Gasteiger partial charge is 0.507 e. The van der Waals surface area contributed by atoms with Crippen LogP contribution in [0.1, 0.15) is 17.2 Å². The average Bonchev–Trinajstić information content (AvgIpc) is 3.37. The zero-order valence-electron chi connectivity index (χ0n) is 17.7. The molecule has 1 fully saturated rings. The van der Waals surface area contributed by atoms with Gasteiger partial charge in [-0.2, -0.15) is 0 Å². The molecule has 170 valence electrons. The van der Waals surface area contributed by atoms with Gasteiger partial charge in [-0.25, -0.2) is 4.98 Å². The van der Waals surface area contributed by atoms with Crippen molar-refractivity contribution in [3.63, 3.8) is 0 Å². The van der Waals surface area contributed by atoms with Crippen LogP contribution in [-0.2, 0) is 9.59 Å². The monoisotopic (exact) mass is 554 g/mol. The maximum Gasteiger partial charge on any atom is 0.301 e. The van der Waals surface area contributed by atoms with Crippen molar-refractivity contribution < 1.29 is 19.4 Å². The predicted octanol–water partition coefficient (Wildman–Crippen LogP) is 6.35. The van der Waals surface area contributed by atoms with Gasteiger partial charge in [0.25, 0.3) is 5.78 Å². The van der Waals surface area contributed by atoms with E-state index in [-0.39, 0.29) is 11.3 Å². The van der Waals surface area contributed by atoms with Crippen molar-refractivity contribution in [3.05, 3.63) is 92.9 Å². The van der Waals surface area contributed by atoms with Gasteiger partial charge in [-0.05, 0) is 48.0 Å². The molecule has 1 aromatic heterocycles. The zero-order valence-corrected chi connectivity index (χ0v) is 20.8. The summed E-state index contributed by atoms with van der Waals surface area (Å²) >= 11 is 10.8. The number of methoxy groups -OCH3 is 1. The Morgan fingerprint density at radius 3 is 2.62 bits per heavy atom. The minimum atomic E-state index is -0.865. The van der Waals surface area contributed by atoms with Crippen LogP contribution in [0.5, 0.6) is 5.75 Å². The number of anilines is 1. The van der Waals surface area contributed by atoms with Gasteiger partial charge < -0.3 is 9.84 Å². The van der Waals surface area contributed by atoms with Gasteiger partial charge in [-0.3, -0.25) is 14.5 Å². The molecule has 3 aromatic carbocycles. The molecule has 0 bridgehead atoms. The van der Waals surface area contributed by atoms with Gasteiger partial charge in [0, 0.05) is 15.1 Å². The Kier molecular flexibility index (Phi) is 5.89. The summed E-state index contributed by atoms with van der Waals surface area (Å²) in [5, 5.41) is 12.1. The van der Waals surface area contributed by atoms with Gasteiger partial charge in [0.05, 0.1) is 28.9 Å². The summed E-state index contributed by atoms with van der Waals surface area (Å²) in [7, 11) is 1.51. The van der Waals surface area contributed by atoms with Crippen LogP contribution in [0.25, 0.3) is 16.0 Å². The molecule has 5 rings (SSSR count). The van der Waals surface area contributed by atoms with E-state index in [1.807, 2.05) is 12.1 Å². The second kappa shape index (κ2) is 8.87. The van der Waals surface area contributed by atoms with E-state index in [1.165, 1.54) is 23.3 Å². The molecular formula is C25H16BrClN2O4S. The Balaban J connectivity index is 1.73. The zero-order chi connectivity index (χ0) is 24.0. The van der Waals surface area contributed by atoms with Crippen LogP contribution in [0.4, 0.5) is 5.13 Å². The summed E-state index contributed by atoms with van der Waals surface area (Å²) in [6.07, 6.45) is 0. The molecule has 34 heavy (non-hydrogen) atoms. The Hall–Kier alpha value is -3.20. The predicted molar refractivity (Wildman–Crippen MR) is 137 cm³/mol. The van der Waals surface area contributed by atoms with E-state index in [2.05, 4.69) is 20.9 Å². The van der Waals surface area contributed by atoms with Crippen LogP contribution in [0.2, 0.25) is 5.02 Å². The van der Waals surface area contributed by atoms with E-state index in [1.54, 1.807) is 54.6 Å². The number of Topliss-reactive ketones (excluding diaryl/α,β-unsaturated/α-hetero) is 1. The highest BCUT2D eigenvalue weighted by molar-refractivity contribution is 9.10. The molecule has 0 spiro atoms. The van der Waals surface area contributed by atoms with Gasteiger partial charge in [-0.1, -0.05) is 63.1 Å². The molecule has 0 aliphatic carbocycles. The summed E-state index contributed by atoms with van der Waals surface area (Å²) in [6.45, 7) is 0. The molecule has 0 radical (unpaired) electrons. The maximum absolute atomic E-state index is 13.3. The Morgan fingerprint density at radius 2 is 1.88 bits per heavy atom. The number of ketones is 1. The second-order valence-electron chi connectivity index (χ2n) is 7.56. The van der Waals surface area contributed by atoms with Gasteiger partial charge >= 0.3 is 5.91 Å². The number of amides is 1. The number of aliphatic hydroxyl groups is 1. The van der Waals surface area contributed by atoms with E-state index in [0.29, 0.717) is 32.5 Å². The van der Waals surface area contributed by atoms with Crippen LogP contribution >= 0.6 is 38.9 Å². The number of fused-ring (bicyclic) bond motifs is 1. The first kappa shape index (κ1) is 22.6. The molecule has 1 saturated heterocycles. The Morgan fingerprint density at radius 1 is 1.12 bits per heavy atom. The van der Waals surface area contributed by atoms with E-state index >= 15 is 0 Å². The fourth-order valence-electron chi connectivity index (χ4n) is 3.91. The van der Waals surface area contributed by atoms with Crippen LogP contribution in [-0.4, -0.2) is 28.9 Å². The highest BCUT2D eigenvalue weighted by atomic mass is 79.9. The fraction of sp³-hybridized carbons (Fsp3) is 0.0800. The van der Waals surface area contributed by atoms with Crippen molar-refractivity contribution in [2.45, 2.75) is 6.04 Å². The van der Waals surface area contributed by atoms with Crippen LogP contribution in [0.3, 0.4) is 0 Å². The number of rotatable bonds is 4. The molecular weight excluding hydrogens is 540 g/mol. The molecule has 1 unspecified atom stereocenters. The van der Waals surface area contributed by atoms with Gasteiger partial charge in [0.2, 0.25) is 0 Å². The van der Waals surface area contributed by atoms with Crippen molar-refractivity contribution in [3.8, 4) is 5.75 Å². The highest BCUT2D eigenvalue weighted by Crippen LogP contribution is 2.44. The standard InChI is InChI=1S/C25H16BrClN2O4S/c1-33-17-4-2-3-14(11-17)22(30)20-21(13-5-7-15(26)8-6-13)29(24(32)23(20)31)25-28-18-10-9-16(27)12-19(18)34-25/h2-12,21,30H,1H3/b22-20+. The van der Waals surface area contributed by atoms with E-state index in [4.69, 9.17) is 16.3 Å². The first-order valence-electron chi connectivity index (χ1n) is 10.1. The minimum Gasteiger partial charge on any atom is -0.507 e. The molecule has 1 aliphatic rings. The number of aliphatic hydroxyl groups excluding tert-OH is 1. The van der Waals surface area contributed by atoms with E-state index < -0.39 is 17.7 Å². The topological polar surface area (TPSA) is 79.7 Å². The molecule has 2 heterocycles. The number of carbonyl (C=O) groups is 2. The number of halogens is 2. The molecule has 9 heteroatoms. The SMILES string of the molecule is COc1cccc(/C(O)=C2\C(=O)C(=O)N(c3nc4ccc(Cl)cc4s3)C2c2ccc(Br)cc2)c1. The summed E-state index contributed by atoms with van der Waals surface area (Å²) in [5.41, 5.74) is 1.67. The van der Waals surface area contributed by atoms with Crippen molar-refractivity contribution in [2.24, 2.45) is 0 Å². The third-order valence-corrected chi connectivity index (χ3v) is 7.30. The highest BCUT2D eigenvalue weighted by Gasteiger charge is 2.48. The number of thiazole rings is 1. The van der Waals surface area contributed by atoms with Crippen LogP contribution < -0.4 is 9.64 Å². The molecule has 1 amide bonds. The van der Waals surface area contributed by atoms with Crippen molar-refractivity contribution >= 4 is 71.7 Å². The number of hydrogen-bond donors (Lipinski definition) is 1. The molecule has 1 aliphatic heterocycles. The van der Waals surface area contributed by atoms with E-state index in [0.717, 1.165) is 9.17 Å². The van der Waals surface area contributed by atoms with Crippen LogP contribution in [0, 0.1) is 0 Å². The Labute approximate surface area is 212 Å². The first-order valence-corrected chi connectivity index (χ1v) is 12.1. The van der Waals surface area contributed by atoms with Crippen molar-refractivity contribution in [1.29, 1.82) is 0 Å². The third kappa shape index (κ3) is 3.87. The van der Waals surface area contributed by atoms with Gasteiger partial charge in [0.1, 0.15) is 11.5 Å². The molecule has 1 N–H and O–H groups in total. The summed E-state index contributed by atoms with van der Waals surface area (Å²) in [5.74, 6) is -1.31. The average molecular weight is 556 g/mol. The summed E-state index contributed by atoms with van der Waals surface area (Å²) in [6, 6.07) is 18.3. The summed E-state index contributed by atoms with van der Waals surface area (Å²) < 4.78 is 6.88. The normalized spacial score (nSPS) is 17.5. The van der Waals surface area contributed by atoms with Crippen LogP contribution in [0.15, 0.2) is 76.8 Å². The number of nitrogens with zero attached hydrogens (tertiary/aromatic N) is 2. The lowest BCUT2D eigenvalue weighted by atomic mass is 9.95. The quantitative estimate of drug-likeness (QED) is 0.180. The Bertz CT molecular complexity index is 1480. The second-order valence-corrected chi connectivity index (χ2v) is 9.92. The number of aromatic nitrogens is 1. The fourth-order valence-corrected chi connectivity index (χ4v) is 5.44. The smallest absolute Gasteiger partial charge is 0.301 e. The maximum atomic E-state index is 13.3. The number of benzene rings is 3.